The number of hydrogen-bond acceptors (Lipinski definition) is 3. The van der Waals surface area contributed by atoms with E-state index in [0.29, 0.717) is 12.2 Å². The highest BCUT2D eigenvalue weighted by atomic mass is 16.5. The van der Waals surface area contributed by atoms with Gasteiger partial charge in [0.25, 0.3) is 0 Å². The highest BCUT2D eigenvalue weighted by Gasteiger charge is 2.22. The zero-order chi connectivity index (χ0) is 13.5. The van der Waals surface area contributed by atoms with E-state index in [2.05, 4.69) is 5.32 Å². The van der Waals surface area contributed by atoms with Crippen LogP contribution in [-0.2, 0) is 12.8 Å². The highest BCUT2D eigenvalue weighted by Crippen LogP contribution is 2.32. The van der Waals surface area contributed by atoms with Crippen LogP contribution in [0.1, 0.15) is 27.0 Å². The summed E-state index contributed by atoms with van der Waals surface area (Å²) in [6.07, 6.45) is 1.88. The average Bonchev–Trinajstić information content (AvgIpc) is 3.13. The van der Waals surface area contributed by atoms with Gasteiger partial charge in [-0.1, -0.05) is 12.1 Å². The molecule has 2 aromatic carbocycles. The number of ketones is 1. The number of carbonyl (C=O) groups is 1. The molecule has 0 aromatic heterocycles. The second-order valence-corrected chi connectivity index (χ2v) is 5.27. The number of benzene rings is 2. The average molecular weight is 265 g/mol. The maximum Gasteiger partial charge on any atom is 0.196 e. The van der Waals surface area contributed by atoms with Gasteiger partial charge in [-0.15, -0.1) is 0 Å². The first-order valence-corrected chi connectivity index (χ1v) is 6.99. The fraction of sp³-hybridized carbons (Fsp3) is 0.235. The van der Waals surface area contributed by atoms with E-state index < -0.39 is 0 Å². The quantitative estimate of drug-likeness (QED) is 0.849. The molecule has 3 heteroatoms. The Morgan fingerprint density at radius 1 is 1.10 bits per heavy atom. The van der Waals surface area contributed by atoms with Gasteiger partial charge < -0.3 is 10.1 Å². The van der Waals surface area contributed by atoms with E-state index in [1.165, 1.54) is 5.56 Å². The summed E-state index contributed by atoms with van der Waals surface area (Å²) < 4.78 is 5.63. The van der Waals surface area contributed by atoms with Gasteiger partial charge in [-0.05, 0) is 41.8 Å². The molecule has 0 radical (unpaired) electrons. The molecule has 0 unspecified atom stereocenters. The fourth-order valence-corrected chi connectivity index (χ4v) is 3.00. The third-order valence-corrected chi connectivity index (χ3v) is 4.04. The van der Waals surface area contributed by atoms with Crippen LogP contribution in [0.5, 0.6) is 5.75 Å². The van der Waals surface area contributed by atoms with Gasteiger partial charge in [0, 0.05) is 24.2 Å². The Morgan fingerprint density at radius 2 is 2.05 bits per heavy atom. The summed E-state index contributed by atoms with van der Waals surface area (Å²) in [5, 5.41) is 3.31. The topological polar surface area (TPSA) is 38.3 Å². The molecule has 0 saturated heterocycles. The van der Waals surface area contributed by atoms with Gasteiger partial charge in [-0.25, -0.2) is 0 Å². The molecule has 2 aliphatic heterocycles. The lowest BCUT2D eigenvalue weighted by atomic mass is 9.98. The molecular weight excluding hydrogens is 250 g/mol. The molecule has 2 aliphatic rings. The molecule has 0 spiro atoms. The van der Waals surface area contributed by atoms with Gasteiger partial charge in [-0.2, -0.15) is 0 Å². The lowest BCUT2D eigenvalue weighted by Gasteiger charge is -2.08. The molecule has 0 fully saturated rings. The summed E-state index contributed by atoms with van der Waals surface area (Å²) in [4.78, 5) is 12.7. The van der Waals surface area contributed by atoms with Crippen molar-refractivity contribution in [3.63, 3.8) is 0 Å². The number of rotatable bonds is 2. The van der Waals surface area contributed by atoms with Crippen molar-refractivity contribution in [2.24, 2.45) is 0 Å². The lowest BCUT2D eigenvalue weighted by molar-refractivity contribution is 0.103. The predicted octanol–water partition coefficient (Wildman–Crippen LogP) is 2.82. The Labute approximate surface area is 117 Å². The van der Waals surface area contributed by atoms with Crippen molar-refractivity contribution in [2.45, 2.75) is 12.8 Å². The minimum absolute atomic E-state index is 0.0541. The first-order chi connectivity index (χ1) is 9.83. The standard InChI is InChI=1S/C17H15NO2/c19-16(13-4-5-15-12(10-13)6-8-18-15)14-3-1-2-11-7-9-20-17(11)14/h1-5,10,18H,6-9H2. The molecule has 0 bridgehead atoms. The van der Waals surface area contributed by atoms with Gasteiger partial charge in [0.15, 0.2) is 5.78 Å². The predicted molar refractivity (Wildman–Crippen MR) is 77.7 cm³/mol. The largest absolute Gasteiger partial charge is 0.492 e. The summed E-state index contributed by atoms with van der Waals surface area (Å²) in [6.45, 7) is 1.63. The van der Waals surface area contributed by atoms with E-state index >= 15 is 0 Å². The zero-order valence-electron chi connectivity index (χ0n) is 11.1. The molecular formula is C17H15NO2. The molecule has 3 nitrogen and oxygen atoms in total. The van der Waals surface area contributed by atoms with E-state index in [4.69, 9.17) is 4.74 Å². The number of ether oxygens (including phenoxy) is 1. The van der Waals surface area contributed by atoms with Crippen molar-refractivity contribution < 1.29 is 9.53 Å². The van der Waals surface area contributed by atoms with E-state index in [-0.39, 0.29) is 5.78 Å². The highest BCUT2D eigenvalue weighted by molar-refractivity contribution is 6.11. The molecule has 1 N–H and O–H groups in total. The second-order valence-electron chi connectivity index (χ2n) is 5.27. The van der Waals surface area contributed by atoms with E-state index in [1.807, 2.05) is 36.4 Å². The summed E-state index contributed by atoms with van der Waals surface area (Å²) in [5.41, 5.74) is 4.95. The SMILES string of the molecule is O=C(c1ccc2c(c1)CCN2)c1cccc2c1OCC2. The van der Waals surface area contributed by atoms with E-state index in [9.17, 15) is 4.79 Å². The maximum absolute atomic E-state index is 12.7. The first-order valence-electron chi connectivity index (χ1n) is 6.99. The van der Waals surface area contributed by atoms with Gasteiger partial charge in [0.2, 0.25) is 0 Å². The van der Waals surface area contributed by atoms with Gasteiger partial charge >= 0.3 is 0 Å². The Kier molecular flexibility index (Phi) is 2.52. The second kappa shape index (κ2) is 4.37. The van der Waals surface area contributed by atoms with Crippen LogP contribution in [0.15, 0.2) is 36.4 Å². The molecule has 20 heavy (non-hydrogen) atoms. The normalized spacial score (nSPS) is 15.2. The van der Waals surface area contributed by atoms with Gasteiger partial charge in [0.1, 0.15) is 5.75 Å². The molecule has 2 heterocycles. The Hall–Kier alpha value is -2.29. The van der Waals surface area contributed by atoms with Crippen molar-refractivity contribution >= 4 is 11.5 Å². The molecule has 0 atom stereocenters. The number of carbonyl (C=O) groups excluding carboxylic acids is 1. The maximum atomic E-state index is 12.7. The van der Waals surface area contributed by atoms with Crippen molar-refractivity contribution in [2.75, 3.05) is 18.5 Å². The fourth-order valence-electron chi connectivity index (χ4n) is 3.00. The van der Waals surface area contributed by atoms with Crippen LogP contribution in [0.3, 0.4) is 0 Å². The minimum Gasteiger partial charge on any atom is -0.492 e. The molecule has 0 aliphatic carbocycles. The number of hydrogen-bond donors (Lipinski definition) is 1. The van der Waals surface area contributed by atoms with Gasteiger partial charge in [-0.3, -0.25) is 4.79 Å². The van der Waals surface area contributed by atoms with Crippen molar-refractivity contribution in [1.29, 1.82) is 0 Å². The Morgan fingerprint density at radius 3 is 3.00 bits per heavy atom. The number of fused-ring (bicyclic) bond motifs is 2. The minimum atomic E-state index is 0.0541. The summed E-state index contributed by atoms with van der Waals surface area (Å²) >= 11 is 0. The Balaban J connectivity index is 1.76. The smallest absolute Gasteiger partial charge is 0.196 e. The van der Waals surface area contributed by atoms with Crippen LogP contribution >= 0.6 is 0 Å². The molecule has 0 saturated carbocycles. The lowest BCUT2D eigenvalue weighted by Crippen LogP contribution is -2.04. The van der Waals surface area contributed by atoms with E-state index in [1.54, 1.807) is 0 Å². The first kappa shape index (κ1) is 11.5. The molecule has 100 valence electrons. The summed E-state index contributed by atoms with van der Waals surface area (Å²) in [7, 11) is 0. The summed E-state index contributed by atoms with van der Waals surface area (Å²) in [5.74, 6) is 0.828. The third-order valence-electron chi connectivity index (χ3n) is 4.04. The number of anilines is 1. The van der Waals surface area contributed by atoms with Crippen LogP contribution in [0.25, 0.3) is 0 Å². The third kappa shape index (κ3) is 1.70. The van der Waals surface area contributed by atoms with Crippen molar-refractivity contribution in [1.82, 2.24) is 0 Å². The van der Waals surface area contributed by atoms with Gasteiger partial charge in [0.05, 0.1) is 12.2 Å². The van der Waals surface area contributed by atoms with E-state index in [0.717, 1.165) is 42.0 Å². The molecule has 2 aromatic rings. The van der Waals surface area contributed by atoms with Crippen LogP contribution in [0.2, 0.25) is 0 Å². The van der Waals surface area contributed by atoms with Crippen LogP contribution < -0.4 is 10.1 Å². The Bertz CT molecular complexity index is 706. The summed E-state index contributed by atoms with van der Waals surface area (Å²) in [6, 6.07) is 11.7. The van der Waals surface area contributed by atoms with Crippen LogP contribution in [0, 0.1) is 0 Å². The van der Waals surface area contributed by atoms with Crippen molar-refractivity contribution in [3.8, 4) is 5.75 Å². The number of para-hydroxylation sites is 1. The number of nitrogens with one attached hydrogen (secondary N) is 1. The zero-order valence-corrected chi connectivity index (χ0v) is 11.1. The monoisotopic (exact) mass is 265 g/mol. The van der Waals surface area contributed by atoms with Crippen LogP contribution in [0.4, 0.5) is 5.69 Å². The van der Waals surface area contributed by atoms with Crippen LogP contribution in [-0.4, -0.2) is 18.9 Å². The van der Waals surface area contributed by atoms with Crippen molar-refractivity contribution in [3.05, 3.63) is 58.7 Å². The molecule has 0 amide bonds. The molecule has 4 rings (SSSR count).